The lowest BCUT2D eigenvalue weighted by atomic mass is 9.85. The second-order valence-corrected chi connectivity index (χ2v) is 5.20. The summed E-state index contributed by atoms with van der Waals surface area (Å²) in [4.78, 5) is 4.09. The first-order valence-electron chi connectivity index (χ1n) is 6.51. The van der Waals surface area contributed by atoms with E-state index >= 15 is 0 Å². The molecule has 1 aromatic carbocycles. The van der Waals surface area contributed by atoms with Gasteiger partial charge in [-0.1, -0.05) is 24.6 Å². The second-order valence-electron chi connectivity index (χ2n) is 5.20. The molecule has 92 valence electrons. The van der Waals surface area contributed by atoms with E-state index in [1.807, 2.05) is 12.4 Å². The number of anilines is 1. The summed E-state index contributed by atoms with van der Waals surface area (Å²) in [5.41, 5.74) is 5.38. The van der Waals surface area contributed by atoms with Crippen molar-refractivity contribution in [3.05, 3.63) is 59.4 Å². The van der Waals surface area contributed by atoms with Gasteiger partial charge in [0.15, 0.2) is 0 Å². The number of aromatic nitrogens is 1. The number of fused-ring (bicyclic) bond motifs is 1. The molecule has 2 nitrogen and oxygen atoms in total. The molecule has 1 aromatic heterocycles. The minimum atomic E-state index is 0.401. The highest BCUT2D eigenvalue weighted by atomic mass is 14.9. The number of rotatable bonds is 1. The zero-order valence-electron chi connectivity index (χ0n) is 10.9. The predicted molar refractivity (Wildman–Crippen MR) is 74.8 cm³/mol. The van der Waals surface area contributed by atoms with E-state index in [0.717, 1.165) is 6.42 Å². The van der Waals surface area contributed by atoms with Gasteiger partial charge < -0.3 is 5.32 Å². The Bertz CT molecular complexity index is 548. The lowest BCUT2D eigenvalue weighted by Crippen LogP contribution is -2.20. The molecule has 0 radical (unpaired) electrons. The molecule has 2 heteroatoms. The lowest BCUT2D eigenvalue weighted by Gasteiger charge is -2.32. The molecule has 0 unspecified atom stereocenters. The fourth-order valence-electron chi connectivity index (χ4n) is 2.76. The molecule has 18 heavy (non-hydrogen) atoms. The minimum Gasteiger partial charge on any atom is -0.378 e. The fraction of sp³-hybridized carbons (Fsp3) is 0.312. The van der Waals surface area contributed by atoms with Crippen LogP contribution >= 0.6 is 0 Å². The van der Waals surface area contributed by atoms with Crippen molar-refractivity contribution in [1.82, 2.24) is 4.98 Å². The van der Waals surface area contributed by atoms with Crippen LogP contribution in [0.3, 0.4) is 0 Å². The van der Waals surface area contributed by atoms with Crippen LogP contribution in [0, 0.1) is 6.92 Å². The first kappa shape index (κ1) is 11.3. The number of pyridine rings is 1. The third kappa shape index (κ3) is 1.99. The highest BCUT2D eigenvalue weighted by Gasteiger charge is 2.24. The van der Waals surface area contributed by atoms with Gasteiger partial charge in [-0.15, -0.1) is 0 Å². The Morgan fingerprint density at radius 1 is 1.17 bits per heavy atom. The monoisotopic (exact) mass is 238 g/mol. The molecule has 0 saturated carbocycles. The van der Waals surface area contributed by atoms with E-state index in [4.69, 9.17) is 0 Å². The van der Waals surface area contributed by atoms with Crippen LogP contribution in [0.5, 0.6) is 0 Å². The van der Waals surface area contributed by atoms with Crippen LogP contribution < -0.4 is 5.32 Å². The molecule has 2 heterocycles. The molecule has 2 atom stereocenters. The highest BCUT2D eigenvalue weighted by Crippen LogP contribution is 2.39. The van der Waals surface area contributed by atoms with Gasteiger partial charge in [0.25, 0.3) is 0 Å². The van der Waals surface area contributed by atoms with Gasteiger partial charge in [-0.25, -0.2) is 0 Å². The molecular formula is C16H18N2. The molecule has 2 aromatic rings. The summed E-state index contributed by atoms with van der Waals surface area (Å²) in [5, 5.41) is 3.64. The molecule has 0 bridgehead atoms. The number of hydrogen-bond donors (Lipinski definition) is 1. The third-order valence-electron chi connectivity index (χ3n) is 3.77. The van der Waals surface area contributed by atoms with Crippen LogP contribution in [-0.2, 0) is 0 Å². The first-order chi connectivity index (χ1) is 8.74. The number of benzene rings is 1. The van der Waals surface area contributed by atoms with Crippen LogP contribution in [0.1, 0.15) is 42.0 Å². The Labute approximate surface area is 108 Å². The molecule has 1 aliphatic heterocycles. The second kappa shape index (κ2) is 4.45. The van der Waals surface area contributed by atoms with Gasteiger partial charge in [0.2, 0.25) is 0 Å². The minimum absolute atomic E-state index is 0.401. The Morgan fingerprint density at radius 2 is 1.94 bits per heavy atom. The van der Waals surface area contributed by atoms with Crippen molar-refractivity contribution in [2.75, 3.05) is 5.32 Å². The molecular weight excluding hydrogens is 220 g/mol. The summed E-state index contributed by atoms with van der Waals surface area (Å²) in [5.74, 6) is 0.597. The van der Waals surface area contributed by atoms with Crippen LogP contribution in [0.4, 0.5) is 5.69 Å². The molecule has 1 N–H and O–H groups in total. The maximum Gasteiger partial charge on any atom is 0.0520 e. The molecule has 1 aliphatic rings. The predicted octanol–water partition coefficient (Wildman–Crippen LogP) is 4.05. The van der Waals surface area contributed by atoms with E-state index < -0.39 is 0 Å². The van der Waals surface area contributed by atoms with E-state index in [9.17, 15) is 0 Å². The summed E-state index contributed by atoms with van der Waals surface area (Å²) in [7, 11) is 0. The zero-order valence-corrected chi connectivity index (χ0v) is 10.9. The van der Waals surface area contributed by atoms with Crippen molar-refractivity contribution in [3.63, 3.8) is 0 Å². The summed E-state index contributed by atoms with van der Waals surface area (Å²) in [6, 6.07) is 11.3. The largest absolute Gasteiger partial charge is 0.378 e. The maximum atomic E-state index is 4.09. The van der Waals surface area contributed by atoms with Gasteiger partial charge in [0.1, 0.15) is 0 Å². The van der Waals surface area contributed by atoms with E-state index in [1.165, 1.54) is 22.4 Å². The van der Waals surface area contributed by atoms with E-state index in [0.29, 0.717) is 12.0 Å². The maximum absolute atomic E-state index is 4.09. The van der Waals surface area contributed by atoms with Crippen molar-refractivity contribution < 1.29 is 0 Å². The van der Waals surface area contributed by atoms with Gasteiger partial charge in [-0.2, -0.15) is 0 Å². The van der Waals surface area contributed by atoms with Crippen molar-refractivity contribution in [3.8, 4) is 0 Å². The summed E-state index contributed by atoms with van der Waals surface area (Å²) >= 11 is 0. The summed E-state index contributed by atoms with van der Waals surface area (Å²) in [6.07, 6.45) is 4.87. The Hall–Kier alpha value is -1.83. The van der Waals surface area contributed by atoms with Crippen LogP contribution in [-0.4, -0.2) is 4.98 Å². The molecule has 0 saturated heterocycles. The van der Waals surface area contributed by atoms with Crippen molar-refractivity contribution in [2.24, 2.45) is 0 Å². The summed E-state index contributed by atoms with van der Waals surface area (Å²) in [6.45, 7) is 4.47. The molecule has 0 aliphatic carbocycles. The Kier molecular flexibility index (Phi) is 2.78. The van der Waals surface area contributed by atoms with Gasteiger partial charge in [-0.3, -0.25) is 4.98 Å². The summed E-state index contributed by atoms with van der Waals surface area (Å²) < 4.78 is 0. The van der Waals surface area contributed by atoms with Crippen molar-refractivity contribution in [1.29, 1.82) is 0 Å². The van der Waals surface area contributed by atoms with Crippen molar-refractivity contribution >= 4 is 5.69 Å². The topological polar surface area (TPSA) is 24.9 Å². The fourth-order valence-corrected chi connectivity index (χ4v) is 2.76. The van der Waals surface area contributed by atoms with Crippen molar-refractivity contribution in [2.45, 2.75) is 32.2 Å². The molecule has 0 amide bonds. The van der Waals surface area contributed by atoms with Crippen LogP contribution in [0.25, 0.3) is 0 Å². The zero-order chi connectivity index (χ0) is 12.5. The van der Waals surface area contributed by atoms with Gasteiger partial charge >= 0.3 is 0 Å². The normalized spacial score (nSPS) is 22.1. The van der Waals surface area contributed by atoms with Crippen LogP contribution in [0.2, 0.25) is 0 Å². The first-order valence-corrected chi connectivity index (χ1v) is 6.51. The Morgan fingerprint density at radius 3 is 2.72 bits per heavy atom. The quantitative estimate of drug-likeness (QED) is 0.810. The van der Waals surface area contributed by atoms with Gasteiger partial charge in [-0.05, 0) is 48.6 Å². The SMILES string of the molecule is Cc1ccc2c(c1)[C@@H](C)C[C@@H](c1ccncc1)N2. The number of nitrogens with zero attached hydrogens (tertiary/aromatic N) is 1. The van der Waals surface area contributed by atoms with E-state index in [-0.39, 0.29) is 0 Å². The van der Waals surface area contributed by atoms with Crippen LogP contribution in [0.15, 0.2) is 42.7 Å². The number of aryl methyl sites for hydroxylation is 1. The van der Waals surface area contributed by atoms with Gasteiger partial charge in [0, 0.05) is 18.1 Å². The number of nitrogens with one attached hydrogen (secondary N) is 1. The van der Waals surface area contributed by atoms with Gasteiger partial charge in [0.05, 0.1) is 6.04 Å². The Balaban J connectivity index is 1.95. The molecule has 0 spiro atoms. The molecule has 3 rings (SSSR count). The standard InChI is InChI=1S/C16H18N2/c1-11-3-4-15-14(9-11)12(2)10-16(18-15)13-5-7-17-8-6-13/h3-9,12,16,18H,10H2,1-2H3/t12-,16-/m0/s1. The molecule has 0 fully saturated rings. The third-order valence-corrected chi connectivity index (χ3v) is 3.77. The highest BCUT2D eigenvalue weighted by molar-refractivity contribution is 5.57. The average Bonchev–Trinajstić information content (AvgIpc) is 2.40. The number of hydrogen-bond acceptors (Lipinski definition) is 2. The lowest BCUT2D eigenvalue weighted by molar-refractivity contribution is 0.578. The van der Waals surface area contributed by atoms with E-state index in [1.54, 1.807) is 0 Å². The average molecular weight is 238 g/mol. The smallest absolute Gasteiger partial charge is 0.0520 e. The van der Waals surface area contributed by atoms with E-state index in [2.05, 4.69) is 54.5 Å².